The van der Waals surface area contributed by atoms with Gasteiger partial charge in [0.2, 0.25) is 0 Å². The summed E-state index contributed by atoms with van der Waals surface area (Å²) in [4.78, 5) is 2.41. The van der Waals surface area contributed by atoms with E-state index in [1.54, 1.807) is 11.8 Å². The lowest BCUT2D eigenvalue weighted by Gasteiger charge is -2.15. The maximum absolute atomic E-state index is 2.44. The molecular weight excluding hydrogens is 925 g/mol. The standard InChI is InChI=1S/C72H48N2S/c1-3-15-49(16-4-1)27-29-51-31-43-71-65(47-51)63-23-11-13-25-67(63)73(71)69-45-41-57(59-19-7-9-21-61(59)69)53-33-37-55(38-34-53)75-56-39-35-54(36-40-56)58-42-46-70(62-22-10-8-20-60(58)62)74-68-26-14-12-24-64(68)66-48-52(32-44-72(66)74)30-28-50-17-5-2-6-18-50/h1-48H/b29-27+,30-28+. The maximum atomic E-state index is 2.44. The average molecular weight is 973 g/mol. The maximum Gasteiger partial charge on any atom is 0.0541 e. The van der Waals surface area contributed by atoms with Crippen molar-refractivity contribution >= 4 is 101 Å². The summed E-state index contributed by atoms with van der Waals surface area (Å²) in [6, 6.07) is 97.3. The molecule has 3 heteroatoms. The Kier molecular flexibility index (Phi) is 11.2. The van der Waals surface area contributed by atoms with Crippen molar-refractivity contribution in [1.29, 1.82) is 0 Å². The summed E-state index contributed by atoms with van der Waals surface area (Å²) in [5.41, 5.74) is 16.8. The van der Waals surface area contributed by atoms with E-state index < -0.39 is 0 Å². The molecule has 0 radical (unpaired) electrons. The van der Waals surface area contributed by atoms with Gasteiger partial charge in [-0.05, 0) is 128 Å². The van der Waals surface area contributed by atoms with E-state index in [1.807, 2.05) is 0 Å². The SMILES string of the molecule is C(=C\c1ccc2c(c1)c1ccccc1n2-c1ccc(-c2ccc(Sc3ccc(-c4ccc(-n5c6ccccc6c6cc(/C=C/c7ccccc7)ccc65)c5ccccc45)cc3)cc2)c2ccccc12)/c1ccccc1. The minimum Gasteiger partial charge on any atom is -0.309 e. The molecule has 0 fully saturated rings. The van der Waals surface area contributed by atoms with Gasteiger partial charge >= 0.3 is 0 Å². The highest BCUT2D eigenvalue weighted by Crippen LogP contribution is 2.42. The predicted octanol–water partition coefficient (Wildman–Crippen LogP) is 20.0. The average Bonchev–Trinajstić information content (AvgIpc) is 3.99. The molecule has 14 rings (SSSR count). The molecule has 75 heavy (non-hydrogen) atoms. The van der Waals surface area contributed by atoms with Crippen LogP contribution in [0, 0.1) is 0 Å². The Morgan fingerprint density at radius 1 is 0.240 bits per heavy atom. The fourth-order valence-electron chi connectivity index (χ4n) is 11.2. The van der Waals surface area contributed by atoms with Crippen LogP contribution in [0.1, 0.15) is 22.3 Å². The Morgan fingerprint density at radius 3 is 1.01 bits per heavy atom. The summed E-state index contributed by atoms with van der Waals surface area (Å²) < 4.78 is 4.89. The number of aromatic nitrogens is 2. The second-order valence-corrected chi connectivity index (χ2v) is 20.4. The van der Waals surface area contributed by atoms with E-state index in [0.29, 0.717) is 0 Å². The van der Waals surface area contributed by atoms with Crippen LogP contribution in [0.5, 0.6) is 0 Å². The minimum absolute atomic E-state index is 1.18. The van der Waals surface area contributed by atoms with Gasteiger partial charge in [-0.2, -0.15) is 0 Å². The monoisotopic (exact) mass is 972 g/mol. The fraction of sp³-hybridized carbons (Fsp3) is 0. The van der Waals surface area contributed by atoms with Crippen LogP contribution >= 0.6 is 11.8 Å². The van der Waals surface area contributed by atoms with E-state index >= 15 is 0 Å². The number of nitrogens with zero attached hydrogens (tertiary/aromatic N) is 2. The number of fused-ring (bicyclic) bond motifs is 8. The predicted molar refractivity (Wildman–Crippen MR) is 322 cm³/mol. The molecule has 0 saturated heterocycles. The van der Waals surface area contributed by atoms with Gasteiger partial charge in [-0.3, -0.25) is 0 Å². The van der Waals surface area contributed by atoms with Crippen molar-refractivity contribution in [3.63, 3.8) is 0 Å². The van der Waals surface area contributed by atoms with Crippen molar-refractivity contribution in [3.8, 4) is 33.6 Å². The smallest absolute Gasteiger partial charge is 0.0541 e. The third kappa shape index (κ3) is 8.11. The van der Waals surface area contributed by atoms with E-state index in [9.17, 15) is 0 Å². The summed E-state index contributed by atoms with van der Waals surface area (Å²) in [7, 11) is 0. The summed E-state index contributed by atoms with van der Waals surface area (Å²) in [6.45, 7) is 0. The highest BCUT2D eigenvalue weighted by Gasteiger charge is 2.18. The second-order valence-electron chi connectivity index (χ2n) is 19.3. The van der Waals surface area contributed by atoms with Crippen molar-refractivity contribution in [3.05, 3.63) is 289 Å². The van der Waals surface area contributed by atoms with Gasteiger partial charge in [0.25, 0.3) is 0 Å². The highest BCUT2D eigenvalue weighted by molar-refractivity contribution is 7.99. The van der Waals surface area contributed by atoms with Gasteiger partial charge < -0.3 is 9.13 Å². The molecule has 0 amide bonds. The van der Waals surface area contributed by atoms with E-state index in [4.69, 9.17) is 0 Å². The lowest BCUT2D eigenvalue weighted by molar-refractivity contribution is 1.20. The van der Waals surface area contributed by atoms with Gasteiger partial charge in [-0.15, -0.1) is 0 Å². The largest absolute Gasteiger partial charge is 0.309 e. The third-order valence-electron chi connectivity index (χ3n) is 14.8. The van der Waals surface area contributed by atoms with Gasteiger partial charge in [-0.1, -0.05) is 230 Å². The molecule has 2 heterocycles. The number of rotatable bonds is 10. The molecule has 0 aliphatic carbocycles. The molecule has 2 aromatic heterocycles. The van der Waals surface area contributed by atoms with Crippen molar-refractivity contribution in [2.45, 2.75) is 9.79 Å². The first kappa shape index (κ1) is 44.3. The number of hydrogen-bond donors (Lipinski definition) is 0. The second kappa shape index (κ2) is 18.9. The Hall–Kier alpha value is -9.41. The van der Waals surface area contributed by atoms with E-state index in [2.05, 4.69) is 300 Å². The molecule has 0 spiro atoms. The van der Waals surface area contributed by atoms with Crippen LogP contribution in [0.4, 0.5) is 0 Å². The molecule has 0 aliphatic heterocycles. The molecule has 0 unspecified atom stereocenters. The topological polar surface area (TPSA) is 9.86 Å². The van der Waals surface area contributed by atoms with Crippen molar-refractivity contribution < 1.29 is 0 Å². The Labute approximate surface area is 440 Å². The molecule has 12 aromatic carbocycles. The van der Waals surface area contributed by atoms with E-state index in [1.165, 1.54) is 131 Å². The molecule has 0 atom stereocenters. The molecule has 2 nitrogen and oxygen atoms in total. The van der Waals surface area contributed by atoms with Gasteiger partial charge in [0.05, 0.1) is 33.4 Å². The highest BCUT2D eigenvalue weighted by atomic mass is 32.2. The number of benzene rings is 12. The van der Waals surface area contributed by atoms with E-state index in [0.717, 1.165) is 0 Å². The van der Waals surface area contributed by atoms with Crippen LogP contribution in [0.25, 0.3) is 123 Å². The van der Waals surface area contributed by atoms with Crippen LogP contribution < -0.4 is 0 Å². The third-order valence-corrected chi connectivity index (χ3v) is 15.8. The van der Waals surface area contributed by atoms with Gasteiger partial charge in [0.15, 0.2) is 0 Å². The zero-order valence-corrected chi connectivity index (χ0v) is 41.8. The number of para-hydroxylation sites is 2. The van der Waals surface area contributed by atoms with Crippen LogP contribution in [0.15, 0.2) is 277 Å². The molecular formula is C72H48N2S. The minimum atomic E-state index is 1.18. The quantitative estimate of drug-likeness (QED) is 0.124. The summed E-state index contributed by atoms with van der Waals surface area (Å²) in [5, 5.41) is 9.91. The van der Waals surface area contributed by atoms with Crippen molar-refractivity contribution in [1.82, 2.24) is 9.13 Å². The Balaban J connectivity index is 0.739. The zero-order chi connectivity index (χ0) is 49.7. The Morgan fingerprint density at radius 2 is 0.587 bits per heavy atom. The van der Waals surface area contributed by atoms with Crippen molar-refractivity contribution in [2.75, 3.05) is 0 Å². The van der Waals surface area contributed by atoms with Crippen LogP contribution in [-0.2, 0) is 0 Å². The van der Waals surface area contributed by atoms with Crippen molar-refractivity contribution in [2.24, 2.45) is 0 Å². The van der Waals surface area contributed by atoms with Crippen LogP contribution in [-0.4, -0.2) is 9.13 Å². The normalized spacial score (nSPS) is 11.9. The molecule has 0 N–H and O–H groups in total. The zero-order valence-electron chi connectivity index (χ0n) is 41.0. The van der Waals surface area contributed by atoms with Crippen LogP contribution in [0.2, 0.25) is 0 Å². The summed E-state index contributed by atoms with van der Waals surface area (Å²) in [5.74, 6) is 0. The summed E-state index contributed by atoms with van der Waals surface area (Å²) in [6.07, 6.45) is 8.79. The van der Waals surface area contributed by atoms with Gasteiger partial charge in [-0.25, -0.2) is 0 Å². The molecule has 14 aromatic rings. The fourth-order valence-corrected chi connectivity index (χ4v) is 12.0. The van der Waals surface area contributed by atoms with Gasteiger partial charge in [0.1, 0.15) is 0 Å². The summed E-state index contributed by atoms with van der Waals surface area (Å²) >= 11 is 1.80. The first-order valence-corrected chi connectivity index (χ1v) is 26.5. The van der Waals surface area contributed by atoms with Crippen LogP contribution in [0.3, 0.4) is 0 Å². The molecule has 0 saturated carbocycles. The first-order chi connectivity index (χ1) is 37.2. The molecule has 352 valence electrons. The molecule has 0 bridgehead atoms. The molecule has 0 aliphatic rings. The van der Waals surface area contributed by atoms with Gasteiger partial charge in [0, 0.05) is 42.1 Å². The first-order valence-electron chi connectivity index (χ1n) is 25.6. The lowest BCUT2D eigenvalue weighted by atomic mass is 9.97. The van der Waals surface area contributed by atoms with E-state index in [-0.39, 0.29) is 0 Å². The lowest BCUT2D eigenvalue weighted by Crippen LogP contribution is -1.96. The Bertz CT molecular complexity index is 4230. The number of hydrogen-bond acceptors (Lipinski definition) is 1.